The van der Waals surface area contributed by atoms with Crippen molar-refractivity contribution in [3.05, 3.63) is 0 Å². The zero-order chi connectivity index (χ0) is 14.2. The van der Waals surface area contributed by atoms with Crippen molar-refractivity contribution in [2.75, 3.05) is 19.6 Å². The first-order chi connectivity index (χ1) is 8.27. The summed E-state index contributed by atoms with van der Waals surface area (Å²) < 4.78 is 37.4. The number of amides is 2. The first kappa shape index (κ1) is 16.7. The highest BCUT2D eigenvalue weighted by Crippen LogP contribution is 2.30. The van der Waals surface area contributed by atoms with Crippen LogP contribution in [0.1, 0.15) is 19.8 Å². The lowest BCUT2D eigenvalue weighted by Gasteiger charge is -2.19. The molecule has 5 nitrogen and oxygen atoms in total. The maximum atomic E-state index is 12.5. The largest absolute Gasteiger partial charge is 0.392 e. The minimum absolute atomic E-state index is 0.103. The normalized spacial score (nSPS) is 12.9. The van der Waals surface area contributed by atoms with E-state index in [-0.39, 0.29) is 32.0 Å². The number of nitrogens with one attached hydrogen (secondary N) is 2. The SMILES string of the molecule is CC(=O)NCCNC(=O)CC(CCN)C(F)(F)F. The monoisotopic (exact) mass is 269 g/mol. The van der Waals surface area contributed by atoms with E-state index in [1.54, 1.807) is 0 Å². The highest BCUT2D eigenvalue weighted by molar-refractivity contribution is 5.76. The second-order valence-corrected chi connectivity index (χ2v) is 3.85. The average molecular weight is 269 g/mol. The van der Waals surface area contributed by atoms with Gasteiger partial charge in [0.25, 0.3) is 0 Å². The number of alkyl halides is 3. The van der Waals surface area contributed by atoms with Gasteiger partial charge in [-0.05, 0) is 13.0 Å². The van der Waals surface area contributed by atoms with E-state index in [9.17, 15) is 22.8 Å². The van der Waals surface area contributed by atoms with Gasteiger partial charge in [-0.2, -0.15) is 13.2 Å². The van der Waals surface area contributed by atoms with E-state index < -0.39 is 24.4 Å². The molecule has 0 fully saturated rings. The summed E-state index contributed by atoms with van der Waals surface area (Å²) in [5.41, 5.74) is 5.08. The van der Waals surface area contributed by atoms with E-state index in [1.165, 1.54) is 6.92 Å². The zero-order valence-electron chi connectivity index (χ0n) is 10.1. The number of rotatable bonds is 7. The molecule has 0 saturated carbocycles. The molecular formula is C10H18F3N3O2. The topological polar surface area (TPSA) is 84.2 Å². The predicted molar refractivity (Wildman–Crippen MR) is 59.5 cm³/mol. The van der Waals surface area contributed by atoms with Crippen LogP contribution in [0.4, 0.5) is 13.2 Å². The zero-order valence-corrected chi connectivity index (χ0v) is 10.1. The lowest BCUT2D eigenvalue weighted by Crippen LogP contribution is -2.37. The van der Waals surface area contributed by atoms with E-state index in [0.29, 0.717) is 0 Å². The lowest BCUT2D eigenvalue weighted by molar-refractivity contribution is -0.180. The summed E-state index contributed by atoms with van der Waals surface area (Å²) >= 11 is 0. The molecule has 0 aliphatic rings. The van der Waals surface area contributed by atoms with Gasteiger partial charge in [-0.3, -0.25) is 9.59 Å². The van der Waals surface area contributed by atoms with Crippen molar-refractivity contribution in [1.82, 2.24) is 10.6 Å². The second kappa shape index (κ2) is 7.91. The van der Waals surface area contributed by atoms with Crippen LogP contribution in [0.3, 0.4) is 0 Å². The van der Waals surface area contributed by atoms with Crippen molar-refractivity contribution < 1.29 is 22.8 Å². The van der Waals surface area contributed by atoms with Crippen LogP contribution >= 0.6 is 0 Å². The molecule has 0 bridgehead atoms. The first-order valence-electron chi connectivity index (χ1n) is 5.55. The smallest absolute Gasteiger partial charge is 0.355 e. The Morgan fingerprint density at radius 1 is 1.22 bits per heavy atom. The Labute approximate surface area is 103 Å². The highest BCUT2D eigenvalue weighted by Gasteiger charge is 2.39. The van der Waals surface area contributed by atoms with Gasteiger partial charge in [0.1, 0.15) is 0 Å². The van der Waals surface area contributed by atoms with Crippen LogP contribution in [0.5, 0.6) is 0 Å². The van der Waals surface area contributed by atoms with Crippen LogP contribution in [0.2, 0.25) is 0 Å². The van der Waals surface area contributed by atoms with Crippen LogP contribution in [0.25, 0.3) is 0 Å². The molecule has 0 aromatic rings. The molecule has 8 heteroatoms. The predicted octanol–water partition coefficient (Wildman–Crippen LogP) is 0.156. The molecule has 1 atom stereocenters. The standard InChI is InChI=1S/C10H18F3N3O2/c1-7(17)15-4-5-16-9(18)6-8(2-3-14)10(11,12)13/h8H,2-6,14H2,1H3,(H,15,17)(H,16,18). The van der Waals surface area contributed by atoms with Crippen molar-refractivity contribution in [3.8, 4) is 0 Å². The molecule has 0 heterocycles. The summed E-state index contributed by atoms with van der Waals surface area (Å²) in [6.45, 7) is 1.48. The second-order valence-electron chi connectivity index (χ2n) is 3.85. The molecular weight excluding hydrogens is 251 g/mol. The molecule has 0 rings (SSSR count). The van der Waals surface area contributed by atoms with Crippen LogP contribution in [0.15, 0.2) is 0 Å². The third-order valence-corrected chi connectivity index (χ3v) is 2.23. The van der Waals surface area contributed by atoms with E-state index in [4.69, 9.17) is 5.73 Å². The fraction of sp³-hybridized carbons (Fsp3) is 0.800. The quantitative estimate of drug-likeness (QED) is 0.575. The van der Waals surface area contributed by atoms with Gasteiger partial charge >= 0.3 is 6.18 Å². The van der Waals surface area contributed by atoms with Crippen LogP contribution in [-0.2, 0) is 9.59 Å². The maximum Gasteiger partial charge on any atom is 0.392 e. The number of hydrogen-bond acceptors (Lipinski definition) is 3. The number of carbonyl (C=O) groups is 2. The van der Waals surface area contributed by atoms with Gasteiger partial charge in [0.05, 0.1) is 5.92 Å². The van der Waals surface area contributed by atoms with Crippen LogP contribution in [0, 0.1) is 5.92 Å². The van der Waals surface area contributed by atoms with E-state index >= 15 is 0 Å². The first-order valence-corrected chi connectivity index (χ1v) is 5.55. The molecule has 18 heavy (non-hydrogen) atoms. The fourth-order valence-electron chi connectivity index (χ4n) is 1.32. The molecule has 0 aliphatic carbocycles. The number of halogens is 3. The Bertz CT molecular complexity index is 282. The van der Waals surface area contributed by atoms with Crippen molar-refractivity contribution >= 4 is 11.8 Å². The average Bonchev–Trinajstić information content (AvgIpc) is 2.22. The highest BCUT2D eigenvalue weighted by atomic mass is 19.4. The fourth-order valence-corrected chi connectivity index (χ4v) is 1.32. The molecule has 0 aliphatic heterocycles. The van der Waals surface area contributed by atoms with Crippen molar-refractivity contribution in [1.29, 1.82) is 0 Å². The summed E-state index contributed by atoms with van der Waals surface area (Å²) in [6, 6.07) is 0. The molecule has 0 spiro atoms. The minimum Gasteiger partial charge on any atom is -0.355 e. The van der Waals surface area contributed by atoms with Gasteiger partial charge in [-0.25, -0.2) is 0 Å². The van der Waals surface area contributed by atoms with Crippen molar-refractivity contribution in [2.24, 2.45) is 11.7 Å². The molecule has 0 aromatic heterocycles. The summed E-state index contributed by atoms with van der Waals surface area (Å²) in [7, 11) is 0. The van der Waals surface area contributed by atoms with Crippen molar-refractivity contribution in [2.45, 2.75) is 25.9 Å². The molecule has 0 radical (unpaired) electrons. The Morgan fingerprint density at radius 3 is 2.22 bits per heavy atom. The lowest BCUT2D eigenvalue weighted by atomic mass is 10.0. The van der Waals surface area contributed by atoms with Gasteiger partial charge in [0, 0.05) is 26.4 Å². The molecule has 1 unspecified atom stereocenters. The summed E-state index contributed by atoms with van der Waals surface area (Å²) in [5.74, 6) is -2.68. The summed E-state index contributed by atoms with van der Waals surface area (Å²) in [5, 5.41) is 4.72. The van der Waals surface area contributed by atoms with Gasteiger partial charge in [-0.1, -0.05) is 0 Å². The van der Waals surface area contributed by atoms with E-state index in [1.807, 2.05) is 0 Å². The molecule has 0 saturated heterocycles. The van der Waals surface area contributed by atoms with Crippen LogP contribution < -0.4 is 16.4 Å². The third-order valence-electron chi connectivity index (χ3n) is 2.23. The van der Waals surface area contributed by atoms with Crippen LogP contribution in [-0.4, -0.2) is 37.6 Å². The maximum absolute atomic E-state index is 12.5. The third kappa shape index (κ3) is 7.88. The minimum atomic E-state index is -4.42. The molecule has 2 amide bonds. The van der Waals surface area contributed by atoms with Gasteiger partial charge < -0.3 is 16.4 Å². The molecule has 4 N–H and O–H groups in total. The Hall–Kier alpha value is -1.31. The van der Waals surface area contributed by atoms with E-state index in [0.717, 1.165) is 0 Å². The van der Waals surface area contributed by atoms with Crippen molar-refractivity contribution in [3.63, 3.8) is 0 Å². The molecule has 106 valence electrons. The van der Waals surface area contributed by atoms with Gasteiger partial charge in [-0.15, -0.1) is 0 Å². The number of nitrogens with two attached hydrogens (primary N) is 1. The molecule has 0 aromatic carbocycles. The Balaban J connectivity index is 3.99. The van der Waals surface area contributed by atoms with E-state index in [2.05, 4.69) is 10.6 Å². The summed E-state index contributed by atoms with van der Waals surface area (Å²) in [4.78, 5) is 21.8. The van der Waals surface area contributed by atoms with Gasteiger partial charge in [0.15, 0.2) is 0 Å². The summed E-state index contributed by atoms with van der Waals surface area (Å²) in [6.07, 6.45) is -5.34. The number of hydrogen-bond donors (Lipinski definition) is 3. The number of carbonyl (C=O) groups excluding carboxylic acids is 2. The Kier molecular flexibility index (Phi) is 7.33. The van der Waals surface area contributed by atoms with Gasteiger partial charge in [0.2, 0.25) is 11.8 Å². The Morgan fingerprint density at radius 2 is 1.78 bits per heavy atom.